The van der Waals surface area contributed by atoms with E-state index in [1.54, 1.807) is 0 Å². The Kier molecular flexibility index (Phi) is 5.09. The fourth-order valence-corrected chi connectivity index (χ4v) is 2.06. The number of hydrogen-bond donors (Lipinski definition) is 1. The first-order chi connectivity index (χ1) is 7.13. The fraction of sp³-hybridized carbons (Fsp3) is 0.917. The van der Waals surface area contributed by atoms with Crippen molar-refractivity contribution in [1.29, 1.82) is 0 Å². The van der Waals surface area contributed by atoms with Gasteiger partial charge in [-0.1, -0.05) is 20.3 Å². The molecule has 0 aromatic heterocycles. The molecular formula is C12H24N2O. The van der Waals surface area contributed by atoms with Crippen LogP contribution in [0.4, 0.5) is 0 Å². The molecule has 0 aromatic rings. The van der Waals surface area contributed by atoms with Crippen molar-refractivity contribution < 1.29 is 4.79 Å². The highest BCUT2D eigenvalue weighted by Gasteiger charge is 2.20. The van der Waals surface area contributed by atoms with Crippen LogP contribution in [0, 0.1) is 5.92 Å². The van der Waals surface area contributed by atoms with Crippen molar-refractivity contribution in [1.82, 2.24) is 10.2 Å². The largest absolute Gasteiger partial charge is 0.353 e. The quantitative estimate of drug-likeness (QED) is 0.768. The molecule has 15 heavy (non-hydrogen) atoms. The third-order valence-corrected chi connectivity index (χ3v) is 3.23. The maximum Gasteiger partial charge on any atom is 0.223 e. The molecule has 88 valence electrons. The highest BCUT2D eigenvalue weighted by Crippen LogP contribution is 2.11. The number of carbonyl (C=O) groups excluding carboxylic acids is 1. The van der Waals surface area contributed by atoms with Gasteiger partial charge in [0.15, 0.2) is 0 Å². The van der Waals surface area contributed by atoms with E-state index in [9.17, 15) is 4.79 Å². The van der Waals surface area contributed by atoms with Crippen LogP contribution in [0.3, 0.4) is 0 Å². The van der Waals surface area contributed by atoms with Crippen molar-refractivity contribution in [3.8, 4) is 0 Å². The van der Waals surface area contributed by atoms with Gasteiger partial charge in [-0.15, -0.1) is 0 Å². The van der Waals surface area contributed by atoms with Gasteiger partial charge in [0.25, 0.3) is 0 Å². The van der Waals surface area contributed by atoms with Gasteiger partial charge in [0.1, 0.15) is 0 Å². The molecule has 1 fully saturated rings. The Balaban J connectivity index is 2.25. The third kappa shape index (κ3) is 4.20. The highest BCUT2D eigenvalue weighted by atomic mass is 16.1. The Hall–Kier alpha value is -0.570. The molecule has 0 bridgehead atoms. The molecule has 3 heteroatoms. The predicted molar refractivity (Wildman–Crippen MR) is 62.7 cm³/mol. The van der Waals surface area contributed by atoms with Gasteiger partial charge in [0, 0.05) is 12.0 Å². The summed E-state index contributed by atoms with van der Waals surface area (Å²) in [5.74, 6) is 0.418. The molecule has 3 nitrogen and oxygen atoms in total. The van der Waals surface area contributed by atoms with Gasteiger partial charge in [-0.25, -0.2) is 0 Å². The second kappa shape index (κ2) is 6.11. The van der Waals surface area contributed by atoms with Gasteiger partial charge in [-0.05, 0) is 39.4 Å². The number of nitrogens with zero attached hydrogens (tertiary/aromatic N) is 1. The number of carbonyl (C=O) groups is 1. The number of hydrogen-bond acceptors (Lipinski definition) is 2. The number of piperidine rings is 1. The lowest BCUT2D eigenvalue weighted by atomic mass is 10.0. The number of amides is 1. The van der Waals surface area contributed by atoms with Crippen molar-refractivity contribution >= 4 is 5.91 Å². The molecule has 0 aliphatic carbocycles. The molecule has 0 radical (unpaired) electrons. The second-order valence-electron chi connectivity index (χ2n) is 4.78. The molecule has 0 spiro atoms. The highest BCUT2D eigenvalue weighted by molar-refractivity contribution is 5.78. The molecule has 0 saturated carbocycles. The van der Waals surface area contributed by atoms with Gasteiger partial charge in [0.05, 0.1) is 0 Å². The number of likely N-dealkylation sites (tertiary alicyclic amines) is 1. The van der Waals surface area contributed by atoms with E-state index in [2.05, 4.69) is 24.2 Å². The Bertz CT molecular complexity index is 198. The van der Waals surface area contributed by atoms with Crippen LogP contribution in [-0.4, -0.2) is 37.0 Å². The predicted octanol–water partition coefficient (Wildman–Crippen LogP) is 1.63. The summed E-state index contributed by atoms with van der Waals surface area (Å²) in [6.45, 7) is 6.35. The summed E-state index contributed by atoms with van der Waals surface area (Å²) in [5, 5.41) is 3.16. The van der Waals surface area contributed by atoms with Crippen LogP contribution in [0.25, 0.3) is 0 Å². The van der Waals surface area contributed by atoms with E-state index in [4.69, 9.17) is 0 Å². The first-order valence-corrected chi connectivity index (χ1v) is 6.12. The number of nitrogens with one attached hydrogen (secondary N) is 1. The average Bonchev–Trinajstić information content (AvgIpc) is 2.22. The van der Waals surface area contributed by atoms with Crippen molar-refractivity contribution in [3.63, 3.8) is 0 Å². The standard InChI is InChI=1S/C12H24N2O/c1-4-5-10(2)12(15)13-11-6-8-14(3)9-7-11/h10-11H,4-9H2,1-3H3,(H,13,15). The smallest absolute Gasteiger partial charge is 0.223 e. The summed E-state index contributed by atoms with van der Waals surface area (Å²) in [6, 6.07) is 0.410. The maximum absolute atomic E-state index is 11.8. The van der Waals surface area contributed by atoms with E-state index < -0.39 is 0 Å². The molecule has 1 unspecified atom stereocenters. The number of rotatable bonds is 4. The molecule has 1 heterocycles. The van der Waals surface area contributed by atoms with Gasteiger partial charge in [-0.3, -0.25) is 4.79 Å². The SMILES string of the molecule is CCCC(C)C(=O)NC1CCN(C)CC1. The zero-order valence-corrected chi connectivity index (χ0v) is 10.3. The zero-order valence-electron chi connectivity index (χ0n) is 10.3. The lowest BCUT2D eigenvalue weighted by molar-refractivity contribution is -0.125. The molecule has 1 N–H and O–H groups in total. The summed E-state index contributed by atoms with van der Waals surface area (Å²) < 4.78 is 0. The first kappa shape index (κ1) is 12.5. The maximum atomic E-state index is 11.8. The topological polar surface area (TPSA) is 32.3 Å². The first-order valence-electron chi connectivity index (χ1n) is 6.12. The van der Waals surface area contributed by atoms with Gasteiger partial charge in [0.2, 0.25) is 5.91 Å². The summed E-state index contributed by atoms with van der Waals surface area (Å²) in [7, 11) is 2.14. The molecule has 1 saturated heterocycles. The molecule has 1 amide bonds. The third-order valence-electron chi connectivity index (χ3n) is 3.23. The van der Waals surface area contributed by atoms with Gasteiger partial charge < -0.3 is 10.2 Å². The summed E-state index contributed by atoms with van der Waals surface area (Å²) >= 11 is 0. The normalized spacial score (nSPS) is 21.3. The molecule has 1 atom stereocenters. The van der Waals surface area contributed by atoms with Crippen molar-refractivity contribution in [2.45, 2.75) is 45.6 Å². The summed E-state index contributed by atoms with van der Waals surface area (Å²) in [4.78, 5) is 14.1. The van der Waals surface area contributed by atoms with Crippen LogP contribution < -0.4 is 5.32 Å². The van der Waals surface area contributed by atoms with Crippen molar-refractivity contribution in [3.05, 3.63) is 0 Å². The molecule has 1 aliphatic heterocycles. The van der Waals surface area contributed by atoms with Crippen LogP contribution in [0.1, 0.15) is 39.5 Å². The minimum Gasteiger partial charge on any atom is -0.353 e. The molecule has 1 aliphatic rings. The molecule has 0 aromatic carbocycles. The minimum atomic E-state index is 0.176. The zero-order chi connectivity index (χ0) is 11.3. The van der Waals surface area contributed by atoms with Crippen molar-refractivity contribution in [2.75, 3.05) is 20.1 Å². The lowest BCUT2D eigenvalue weighted by Crippen LogP contribution is -2.44. The lowest BCUT2D eigenvalue weighted by Gasteiger charge is -2.30. The molecular weight excluding hydrogens is 188 g/mol. The fourth-order valence-electron chi connectivity index (χ4n) is 2.06. The van der Waals surface area contributed by atoms with Crippen LogP contribution in [0.15, 0.2) is 0 Å². The van der Waals surface area contributed by atoms with E-state index in [1.807, 2.05) is 6.92 Å². The van der Waals surface area contributed by atoms with E-state index >= 15 is 0 Å². The Morgan fingerprint density at radius 1 is 1.47 bits per heavy atom. The summed E-state index contributed by atoms with van der Waals surface area (Å²) in [6.07, 6.45) is 4.28. The Morgan fingerprint density at radius 2 is 2.07 bits per heavy atom. The van der Waals surface area contributed by atoms with Gasteiger partial charge in [-0.2, -0.15) is 0 Å². The summed E-state index contributed by atoms with van der Waals surface area (Å²) in [5.41, 5.74) is 0. The monoisotopic (exact) mass is 212 g/mol. The second-order valence-corrected chi connectivity index (χ2v) is 4.78. The molecule has 1 rings (SSSR count). The minimum absolute atomic E-state index is 0.176. The Labute approximate surface area is 93.2 Å². The van der Waals surface area contributed by atoms with Crippen LogP contribution in [-0.2, 0) is 4.79 Å². The Morgan fingerprint density at radius 3 is 2.60 bits per heavy atom. The van der Waals surface area contributed by atoms with Crippen LogP contribution in [0.2, 0.25) is 0 Å². The van der Waals surface area contributed by atoms with Crippen LogP contribution >= 0.6 is 0 Å². The van der Waals surface area contributed by atoms with Gasteiger partial charge >= 0.3 is 0 Å². The van der Waals surface area contributed by atoms with Crippen molar-refractivity contribution in [2.24, 2.45) is 5.92 Å². The average molecular weight is 212 g/mol. The van der Waals surface area contributed by atoms with Crippen LogP contribution in [0.5, 0.6) is 0 Å². The van der Waals surface area contributed by atoms with E-state index in [-0.39, 0.29) is 11.8 Å². The van der Waals surface area contributed by atoms with E-state index in [0.29, 0.717) is 6.04 Å². The van der Waals surface area contributed by atoms with E-state index in [0.717, 1.165) is 38.8 Å². The van der Waals surface area contributed by atoms with E-state index in [1.165, 1.54) is 0 Å².